The van der Waals surface area contributed by atoms with Gasteiger partial charge in [0.15, 0.2) is 0 Å². The molecule has 0 saturated heterocycles. The topological polar surface area (TPSA) is 69.4 Å². The van der Waals surface area contributed by atoms with Gasteiger partial charge >= 0.3 is 0 Å². The van der Waals surface area contributed by atoms with Gasteiger partial charge in [-0.25, -0.2) is 4.98 Å². The number of nitrogens with zero attached hydrogens (tertiary/aromatic N) is 3. The molecular formula is C13H19N3O2. The molecule has 0 saturated carbocycles. The van der Waals surface area contributed by atoms with E-state index in [1.54, 1.807) is 20.2 Å². The molecule has 98 valence electrons. The first-order chi connectivity index (χ1) is 8.69. The second kappa shape index (κ2) is 7.64. The lowest BCUT2D eigenvalue weighted by atomic mass is 10.2. The molecule has 0 unspecified atom stereocenters. The summed E-state index contributed by atoms with van der Waals surface area (Å²) in [6.07, 6.45) is 1.59. The molecule has 0 aliphatic carbocycles. The fourth-order valence-electron chi connectivity index (χ4n) is 1.56. The molecule has 1 aromatic heterocycles. The van der Waals surface area contributed by atoms with Crippen LogP contribution in [0.25, 0.3) is 0 Å². The summed E-state index contributed by atoms with van der Waals surface area (Å²) in [5.74, 6) is 0.798. The third-order valence-corrected chi connectivity index (χ3v) is 2.64. The minimum atomic E-state index is -0.516. The Morgan fingerprint density at radius 3 is 2.78 bits per heavy atom. The number of aliphatic hydroxyl groups is 1. The van der Waals surface area contributed by atoms with Crippen molar-refractivity contribution >= 4 is 5.82 Å². The quantitative estimate of drug-likeness (QED) is 0.793. The van der Waals surface area contributed by atoms with E-state index < -0.39 is 6.10 Å². The largest absolute Gasteiger partial charge is 0.389 e. The second-order valence-corrected chi connectivity index (χ2v) is 4.01. The highest BCUT2D eigenvalue weighted by Gasteiger charge is 2.08. The number of rotatable bonds is 7. The number of pyridine rings is 1. The molecule has 0 radical (unpaired) electrons. The van der Waals surface area contributed by atoms with Crippen LogP contribution in [0.4, 0.5) is 5.82 Å². The van der Waals surface area contributed by atoms with Crippen molar-refractivity contribution in [3.05, 3.63) is 23.9 Å². The number of methoxy groups -OCH3 is 1. The van der Waals surface area contributed by atoms with Gasteiger partial charge in [0.1, 0.15) is 5.82 Å². The van der Waals surface area contributed by atoms with Crippen molar-refractivity contribution in [2.45, 2.75) is 19.4 Å². The first-order valence-corrected chi connectivity index (χ1v) is 5.94. The fourth-order valence-corrected chi connectivity index (χ4v) is 1.56. The van der Waals surface area contributed by atoms with Crippen molar-refractivity contribution in [2.24, 2.45) is 0 Å². The van der Waals surface area contributed by atoms with E-state index in [-0.39, 0.29) is 0 Å². The van der Waals surface area contributed by atoms with Crippen molar-refractivity contribution in [3.8, 4) is 6.07 Å². The standard InChI is InChI=1S/C13H19N3O2/c1-11(17)12-4-5-13(15-10-12)16(7-3-6-14)8-9-18-2/h4-5,10-11,17H,3,7-9H2,1-2H3/t11-/m1/s1. The summed E-state index contributed by atoms with van der Waals surface area (Å²) >= 11 is 0. The lowest BCUT2D eigenvalue weighted by Gasteiger charge is -2.22. The zero-order valence-corrected chi connectivity index (χ0v) is 10.8. The molecule has 0 aromatic carbocycles. The van der Waals surface area contributed by atoms with Gasteiger partial charge < -0.3 is 14.7 Å². The van der Waals surface area contributed by atoms with E-state index in [2.05, 4.69) is 11.1 Å². The summed E-state index contributed by atoms with van der Waals surface area (Å²) in [7, 11) is 1.65. The molecule has 0 bridgehead atoms. The Morgan fingerprint density at radius 1 is 1.50 bits per heavy atom. The predicted octanol–water partition coefficient (Wildman–Crippen LogP) is 1.50. The maximum Gasteiger partial charge on any atom is 0.128 e. The maximum atomic E-state index is 9.42. The Kier molecular flexibility index (Phi) is 6.12. The highest BCUT2D eigenvalue weighted by atomic mass is 16.5. The summed E-state index contributed by atoms with van der Waals surface area (Å²) in [5, 5.41) is 18.1. The van der Waals surface area contributed by atoms with Gasteiger partial charge in [-0.15, -0.1) is 0 Å². The zero-order valence-electron chi connectivity index (χ0n) is 10.8. The molecule has 1 N–H and O–H groups in total. The average Bonchev–Trinajstić information content (AvgIpc) is 2.39. The lowest BCUT2D eigenvalue weighted by molar-refractivity contribution is 0.198. The molecule has 0 fully saturated rings. The van der Waals surface area contributed by atoms with Crippen LogP contribution in [-0.4, -0.2) is 36.9 Å². The van der Waals surface area contributed by atoms with Gasteiger partial charge in [0.25, 0.3) is 0 Å². The smallest absolute Gasteiger partial charge is 0.128 e. The Morgan fingerprint density at radius 2 is 2.28 bits per heavy atom. The van der Waals surface area contributed by atoms with Crippen LogP contribution in [0.5, 0.6) is 0 Å². The van der Waals surface area contributed by atoms with Gasteiger partial charge in [-0.3, -0.25) is 0 Å². The van der Waals surface area contributed by atoms with Crippen LogP contribution in [-0.2, 0) is 4.74 Å². The van der Waals surface area contributed by atoms with E-state index in [4.69, 9.17) is 10.00 Å². The summed E-state index contributed by atoms with van der Waals surface area (Å²) in [6, 6.07) is 5.83. The molecule has 0 amide bonds. The normalized spacial score (nSPS) is 11.9. The minimum Gasteiger partial charge on any atom is -0.389 e. The lowest BCUT2D eigenvalue weighted by Crippen LogP contribution is -2.29. The summed E-state index contributed by atoms with van der Waals surface area (Å²) in [4.78, 5) is 6.31. The van der Waals surface area contributed by atoms with Crippen molar-refractivity contribution < 1.29 is 9.84 Å². The van der Waals surface area contributed by atoms with Crippen LogP contribution in [0.2, 0.25) is 0 Å². The molecule has 1 aromatic rings. The number of aromatic nitrogens is 1. The Balaban J connectivity index is 2.74. The number of hydrogen-bond acceptors (Lipinski definition) is 5. The molecule has 1 atom stereocenters. The van der Waals surface area contributed by atoms with E-state index in [1.165, 1.54) is 0 Å². The maximum absolute atomic E-state index is 9.42. The molecule has 5 heteroatoms. The van der Waals surface area contributed by atoms with Crippen molar-refractivity contribution in [1.29, 1.82) is 5.26 Å². The number of ether oxygens (including phenoxy) is 1. The van der Waals surface area contributed by atoms with Gasteiger partial charge in [0, 0.05) is 26.4 Å². The van der Waals surface area contributed by atoms with Gasteiger partial charge in [-0.05, 0) is 18.6 Å². The molecular weight excluding hydrogens is 230 g/mol. The van der Waals surface area contributed by atoms with Gasteiger partial charge in [0.2, 0.25) is 0 Å². The van der Waals surface area contributed by atoms with Crippen LogP contribution in [0.15, 0.2) is 18.3 Å². The predicted molar refractivity (Wildman–Crippen MR) is 69.2 cm³/mol. The SMILES string of the molecule is COCCN(CCC#N)c1ccc([C@@H](C)O)cn1. The number of hydrogen-bond donors (Lipinski definition) is 1. The Hall–Kier alpha value is -1.64. The highest BCUT2D eigenvalue weighted by Crippen LogP contribution is 2.15. The third-order valence-electron chi connectivity index (χ3n) is 2.64. The molecule has 0 aliphatic rings. The molecule has 5 nitrogen and oxygen atoms in total. The fraction of sp³-hybridized carbons (Fsp3) is 0.538. The summed E-state index contributed by atoms with van der Waals surface area (Å²) < 4.78 is 5.04. The first kappa shape index (κ1) is 14.4. The van der Waals surface area contributed by atoms with Crippen LogP contribution in [0, 0.1) is 11.3 Å². The zero-order chi connectivity index (χ0) is 13.4. The summed E-state index contributed by atoms with van der Waals surface area (Å²) in [6.45, 7) is 3.61. The Labute approximate surface area is 108 Å². The number of aliphatic hydroxyl groups excluding tert-OH is 1. The molecule has 1 heterocycles. The molecule has 1 rings (SSSR count). The van der Waals surface area contributed by atoms with Crippen molar-refractivity contribution in [3.63, 3.8) is 0 Å². The Bertz CT molecular complexity index is 384. The second-order valence-electron chi connectivity index (χ2n) is 4.01. The van der Waals surface area contributed by atoms with Crippen LogP contribution in [0.1, 0.15) is 25.0 Å². The van der Waals surface area contributed by atoms with Crippen LogP contribution >= 0.6 is 0 Å². The minimum absolute atomic E-state index is 0.448. The van der Waals surface area contributed by atoms with Gasteiger partial charge in [-0.1, -0.05) is 6.07 Å². The third kappa shape index (κ3) is 4.32. The number of nitriles is 1. The van der Waals surface area contributed by atoms with E-state index >= 15 is 0 Å². The highest BCUT2D eigenvalue weighted by molar-refractivity contribution is 5.39. The van der Waals surface area contributed by atoms with E-state index in [0.717, 1.165) is 11.4 Å². The van der Waals surface area contributed by atoms with Crippen LogP contribution < -0.4 is 4.90 Å². The first-order valence-electron chi connectivity index (χ1n) is 5.94. The molecule has 0 aliphatic heterocycles. The van der Waals surface area contributed by atoms with Gasteiger partial charge in [-0.2, -0.15) is 5.26 Å². The summed E-state index contributed by atoms with van der Waals surface area (Å²) in [5.41, 5.74) is 0.783. The monoisotopic (exact) mass is 249 g/mol. The van der Waals surface area contributed by atoms with E-state index in [9.17, 15) is 5.11 Å². The van der Waals surface area contributed by atoms with Crippen molar-refractivity contribution in [2.75, 3.05) is 31.7 Å². The van der Waals surface area contributed by atoms with Crippen LogP contribution in [0.3, 0.4) is 0 Å². The van der Waals surface area contributed by atoms with E-state index in [0.29, 0.717) is 26.1 Å². The van der Waals surface area contributed by atoms with Crippen molar-refractivity contribution in [1.82, 2.24) is 4.98 Å². The average molecular weight is 249 g/mol. The van der Waals surface area contributed by atoms with E-state index in [1.807, 2.05) is 17.0 Å². The number of anilines is 1. The molecule has 0 spiro atoms. The van der Waals surface area contributed by atoms with Gasteiger partial charge in [0.05, 0.1) is 25.2 Å². The molecule has 18 heavy (non-hydrogen) atoms.